The number of carbonyl (C=O) groups is 2. The number of rotatable bonds is 3. The second-order valence-corrected chi connectivity index (χ2v) is 6.15. The predicted molar refractivity (Wildman–Crippen MR) is 77.0 cm³/mol. The highest BCUT2D eigenvalue weighted by molar-refractivity contribution is 9.10. The van der Waals surface area contributed by atoms with Crippen molar-refractivity contribution in [2.24, 2.45) is 5.41 Å². The van der Waals surface area contributed by atoms with Gasteiger partial charge in [-0.05, 0) is 41.1 Å². The van der Waals surface area contributed by atoms with Gasteiger partial charge in [-0.15, -0.1) is 0 Å². The lowest BCUT2D eigenvalue weighted by atomic mass is 9.85. The standard InChI is InChI=1S/C13H13BrClNO4/c1-13(12(18)19)6-20-5-10(13)16-11(17)7-2-3-9(15)8(14)4-7/h2-4,10H,5-6H2,1H3,(H,16,17)(H,18,19). The van der Waals surface area contributed by atoms with E-state index in [0.717, 1.165) is 0 Å². The topological polar surface area (TPSA) is 75.6 Å². The van der Waals surface area contributed by atoms with Gasteiger partial charge < -0.3 is 15.2 Å². The van der Waals surface area contributed by atoms with E-state index in [1.54, 1.807) is 25.1 Å². The van der Waals surface area contributed by atoms with Crippen LogP contribution in [0.25, 0.3) is 0 Å². The highest BCUT2D eigenvalue weighted by Gasteiger charge is 2.47. The number of ether oxygens (including phenoxy) is 1. The summed E-state index contributed by atoms with van der Waals surface area (Å²) < 4.78 is 5.79. The van der Waals surface area contributed by atoms with Crippen molar-refractivity contribution in [2.45, 2.75) is 13.0 Å². The number of nitrogens with one attached hydrogen (secondary N) is 1. The molecule has 2 rings (SSSR count). The fraction of sp³-hybridized carbons (Fsp3) is 0.385. The largest absolute Gasteiger partial charge is 0.481 e. The molecule has 0 radical (unpaired) electrons. The first-order chi connectivity index (χ1) is 9.34. The molecule has 1 fully saturated rings. The fourth-order valence-electron chi connectivity index (χ4n) is 1.96. The second kappa shape index (κ2) is 5.71. The Hall–Kier alpha value is -1.11. The Bertz CT molecular complexity index is 565. The van der Waals surface area contributed by atoms with E-state index in [0.29, 0.717) is 15.1 Å². The molecule has 1 saturated heterocycles. The van der Waals surface area contributed by atoms with Gasteiger partial charge in [0.25, 0.3) is 5.91 Å². The van der Waals surface area contributed by atoms with E-state index < -0.39 is 17.4 Å². The number of benzene rings is 1. The zero-order chi connectivity index (χ0) is 14.9. The first-order valence-electron chi connectivity index (χ1n) is 5.91. The van der Waals surface area contributed by atoms with E-state index in [1.807, 2.05) is 0 Å². The summed E-state index contributed by atoms with van der Waals surface area (Å²) in [4.78, 5) is 23.4. The van der Waals surface area contributed by atoms with Gasteiger partial charge in [-0.1, -0.05) is 11.6 Å². The average molecular weight is 363 g/mol. The summed E-state index contributed by atoms with van der Waals surface area (Å²) in [6.45, 7) is 1.83. The minimum Gasteiger partial charge on any atom is -0.481 e. The third kappa shape index (κ3) is 2.82. The van der Waals surface area contributed by atoms with Crippen LogP contribution in [0.4, 0.5) is 0 Å². The summed E-state index contributed by atoms with van der Waals surface area (Å²) in [6, 6.07) is 4.20. The molecule has 1 aromatic carbocycles. The zero-order valence-corrected chi connectivity index (χ0v) is 13.0. The SMILES string of the molecule is CC1(C(=O)O)COCC1NC(=O)c1ccc(Cl)c(Br)c1. The summed E-state index contributed by atoms with van der Waals surface area (Å²) in [6.07, 6.45) is 0. The summed E-state index contributed by atoms with van der Waals surface area (Å²) >= 11 is 9.11. The van der Waals surface area contributed by atoms with Crippen LogP contribution in [0, 0.1) is 5.41 Å². The van der Waals surface area contributed by atoms with E-state index >= 15 is 0 Å². The van der Waals surface area contributed by atoms with Gasteiger partial charge in [0.05, 0.1) is 24.3 Å². The molecule has 108 valence electrons. The lowest BCUT2D eigenvalue weighted by molar-refractivity contribution is -0.148. The molecule has 2 atom stereocenters. The van der Waals surface area contributed by atoms with Gasteiger partial charge in [-0.25, -0.2) is 0 Å². The van der Waals surface area contributed by atoms with E-state index in [9.17, 15) is 14.7 Å². The molecule has 0 bridgehead atoms. The average Bonchev–Trinajstić information content (AvgIpc) is 2.75. The first kappa shape index (κ1) is 15.3. The number of hydrogen-bond acceptors (Lipinski definition) is 3. The highest BCUT2D eigenvalue weighted by atomic mass is 79.9. The molecule has 1 aliphatic rings. The number of aliphatic carboxylic acids is 1. The van der Waals surface area contributed by atoms with Gasteiger partial charge in [0.2, 0.25) is 0 Å². The Kier molecular flexibility index (Phi) is 4.36. The Labute approximate surface area is 129 Å². The molecular formula is C13H13BrClNO4. The fourth-order valence-corrected chi connectivity index (χ4v) is 2.46. The van der Waals surface area contributed by atoms with Crippen LogP contribution in [0.5, 0.6) is 0 Å². The van der Waals surface area contributed by atoms with Crippen molar-refractivity contribution in [3.05, 3.63) is 33.3 Å². The Morgan fingerprint density at radius 1 is 1.55 bits per heavy atom. The van der Waals surface area contributed by atoms with Crippen molar-refractivity contribution in [3.63, 3.8) is 0 Å². The summed E-state index contributed by atoms with van der Waals surface area (Å²) in [7, 11) is 0. The van der Waals surface area contributed by atoms with Crippen molar-refractivity contribution >= 4 is 39.4 Å². The molecule has 7 heteroatoms. The highest BCUT2D eigenvalue weighted by Crippen LogP contribution is 2.29. The van der Waals surface area contributed by atoms with Crippen LogP contribution in [0.1, 0.15) is 17.3 Å². The first-order valence-corrected chi connectivity index (χ1v) is 7.09. The number of amides is 1. The number of carbonyl (C=O) groups excluding carboxylic acids is 1. The number of hydrogen-bond donors (Lipinski definition) is 2. The summed E-state index contributed by atoms with van der Waals surface area (Å²) in [5.74, 6) is -1.34. The molecule has 20 heavy (non-hydrogen) atoms. The van der Waals surface area contributed by atoms with Crippen molar-refractivity contribution < 1.29 is 19.4 Å². The summed E-state index contributed by atoms with van der Waals surface area (Å²) in [5, 5.41) is 12.5. The molecule has 0 aliphatic carbocycles. The van der Waals surface area contributed by atoms with E-state index in [1.165, 1.54) is 0 Å². The Balaban J connectivity index is 2.15. The van der Waals surface area contributed by atoms with Crippen LogP contribution < -0.4 is 5.32 Å². The molecule has 5 nitrogen and oxygen atoms in total. The minimum absolute atomic E-state index is 0.0809. The Morgan fingerprint density at radius 3 is 2.85 bits per heavy atom. The smallest absolute Gasteiger partial charge is 0.313 e. The lowest BCUT2D eigenvalue weighted by Gasteiger charge is -2.25. The molecule has 1 aromatic rings. The maximum Gasteiger partial charge on any atom is 0.313 e. The lowest BCUT2D eigenvalue weighted by Crippen LogP contribution is -2.49. The maximum absolute atomic E-state index is 12.2. The van der Waals surface area contributed by atoms with Crippen LogP contribution in [0.15, 0.2) is 22.7 Å². The number of carboxylic acids is 1. The third-order valence-corrected chi connectivity index (χ3v) is 4.65. The molecule has 0 spiro atoms. The molecule has 1 aliphatic heterocycles. The minimum atomic E-state index is -1.11. The van der Waals surface area contributed by atoms with Gasteiger partial charge in [-0.3, -0.25) is 9.59 Å². The zero-order valence-electron chi connectivity index (χ0n) is 10.7. The molecule has 0 saturated carbocycles. The molecule has 0 aromatic heterocycles. The number of halogens is 2. The van der Waals surface area contributed by atoms with E-state index in [-0.39, 0.29) is 19.1 Å². The van der Waals surface area contributed by atoms with Gasteiger partial charge in [0.15, 0.2) is 0 Å². The van der Waals surface area contributed by atoms with Gasteiger partial charge in [0, 0.05) is 10.0 Å². The Morgan fingerprint density at radius 2 is 2.25 bits per heavy atom. The molecule has 2 N–H and O–H groups in total. The van der Waals surface area contributed by atoms with E-state index in [2.05, 4.69) is 21.2 Å². The van der Waals surface area contributed by atoms with Crippen molar-refractivity contribution in [3.8, 4) is 0 Å². The van der Waals surface area contributed by atoms with Gasteiger partial charge in [-0.2, -0.15) is 0 Å². The normalized spacial score (nSPS) is 25.4. The predicted octanol–water partition coefficient (Wildman–Crippen LogP) is 2.32. The molecule has 1 heterocycles. The van der Waals surface area contributed by atoms with Crippen molar-refractivity contribution in [1.29, 1.82) is 0 Å². The van der Waals surface area contributed by atoms with E-state index in [4.69, 9.17) is 16.3 Å². The van der Waals surface area contributed by atoms with Crippen LogP contribution in [0.2, 0.25) is 5.02 Å². The van der Waals surface area contributed by atoms with Gasteiger partial charge in [0.1, 0.15) is 5.41 Å². The summed E-state index contributed by atoms with van der Waals surface area (Å²) in [5.41, 5.74) is -0.708. The van der Waals surface area contributed by atoms with Crippen molar-refractivity contribution in [1.82, 2.24) is 5.32 Å². The van der Waals surface area contributed by atoms with Crippen LogP contribution >= 0.6 is 27.5 Å². The van der Waals surface area contributed by atoms with Crippen molar-refractivity contribution in [2.75, 3.05) is 13.2 Å². The second-order valence-electron chi connectivity index (χ2n) is 4.89. The molecule has 2 unspecified atom stereocenters. The monoisotopic (exact) mass is 361 g/mol. The molecule has 1 amide bonds. The quantitative estimate of drug-likeness (QED) is 0.865. The molecular weight excluding hydrogens is 350 g/mol. The third-order valence-electron chi connectivity index (χ3n) is 3.43. The van der Waals surface area contributed by atoms with Crippen LogP contribution in [-0.4, -0.2) is 36.2 Å². The maximum atomic E-state index is 12.2. The van der Waals surface area contributed by atoms with Crippen LogP contribution in [0.3, 0.4) is 0 Å². The van der Waals surface area contributed by atoms with Crippen LogP contribution in [-0.2, 0) is 9.53 Å². The number of carboxylic acid groups (broad SMARTS) is 1. The van der Waals surface area contributed by atoms with Gasteiger partial charge >= 0.3 is 5.97 Å².